The lowest BCUT2D eigenvalue weighted by Crippen LogP contribution is -2.51. The molecule has 2 heterocycles. The minimum atomic E-state index is -4.28. The highest BCUT2D eigenvalue weighted by Crippen LogP contribution is 2.24. The highest BCUT2D eigenvalue weighted by Gasteiger charge is 2.34. The fourth-order valence-electron chi connectivity index (χ4n) is 3.39. The number of hydrogen-bond acceptors (Lipinski definition) is 4. The number of ether oxygens (including phenoxy) is 2. The highest BCUT2D eigenvalue weighted by molar-refractivity contribution is 5.68. The second-order valence-electron chi connectivity index (χ2n) is 7.88. The van der Waals surface area contributed by atoms with Crippen LogP contribution in [-0.2, 0) is 9.47 Å². The predicted octanol–water partition coefficient (Wildman–Crippen LogP) is 3.43. The van der Waals surface area contributed by atoms with Gasteiger partial charge >= 0.3 is 12.3 Å². The molecule has 0 aliphatic carbocycles. The summed E-state index contributed by atoms with van der Waals surface area (Å²) in [6, 6.07) is 0.288. The monoisotopic (exact) mass is 366 g/mol. The smallest absolute Gasteiger partial charge is 0.411 e. The summed E-state index contributed by atoms with van der Waals surface area (Å²) < 4.78 is 47.3. The van der Waals surface area contributed by atoms with Gasteiger partial charge in [0.1, 0.15) is 12.2 Å². The van der Waals surface area contributed by atoms with Crippen molar-refractivity contribution in [1.29, 1.82) is 0 Å². The molecule has 1 atom stereocenters. The molecule has 1 unspecified atom stereocenters. The fourth-order valence-corrected chi connectivity index (χ4v) is 3.39. The van der Waals surface area contributed by atoms with E-state index in [1.165, 1.54) is 0 Å². The molecule has 146 valence electrons. The van der Waals surface area contributed by atoms with Gasteiger partial charge in [0.15, 0.2) is 0 Å². The van der Waals surface area contributed by atoms with E-state index in [1.54, 1.807) is 4.90 Å². The zero-order valence-electron chi connectivity index (χ0n) is 15.3. The number of carbonyl (C=O) groups is 1. The molecule has 1 amide bonds. The molecule has 0 saturated carbocycles. The van der Waals surface area contributed by atoms with Crippen LogP contribution in [0.2, 0.25) is 0 Å². The maximum atomic E-state index is 12.3. The minimum absolute atomic E-state index is 0.288. The van der Waals surface area contributed by atoms with Gasteiger partial charge in [-0.15, -0.1) is 0 Å². The van der Waals surface area contributed by atoms with Crippen LogP contribution < -0.4 is 0 Å². The van der Waals surface area contributed by atoms with Crippen LogP contribution in [0.15, 0.2) is 0 Å². The molecule has 0 N–H and O–H groups in total. The van der Waals surface area contributed by atoms with Crippen molar-refractivity contribution < 1.29 is 27.4 Å². The Labute approximate surface area is 147 Å². The Hall–Kier alpha value is -1.02. The molecule has 2 fully saturated rings. The van der Waals surface area contributed by atoms with Crippen LogP contribution in [0.3, 0.4) is 0 Å². The van der Waals surface area contributed by atoms with Gasteiger partial charge in [-0.25, -0.2) is 4.79 Å². The normalized spacial score (nSPS) is 24.4. The summed E-state index contributed by atoms with van der Waals surface area (Å²) in [5.74, 6) is 0. The van der Waals surface area contributed by atoms with E-state index in [0.717, 1.165) is 25.8 Å². The summed E-state index contributed by atoms with van der Waals surface area (Å²) in [7, 11) is 0. The zero-order chi connectivity index (χ0) is 18.7. The van der Waals surface area contributed by atoms with Gasteiger partial charge in [0.05, 0.1) is 6.10 Å². The van der Waals surface area contributed by atoms with Crippen molar-refractivity contribution in [2.24, 2.45) is 0 Å². The van der Waals surface area contributed by atoms with Gasteiger partial charge in [-0.1, -0.05) is 0 Å². The number of nitrogens with zero attached hydrogens (tertiary/aromatic N) is 2. The lowest BCUT2D eigenvalue weighted by atomic mass is 9.99. The van der Waals surface area contributed by atoms with Gasteiger partial charge in [-0.3, -0.25) is 4.90 Å². The van der Waals surface area contributed by atoms with E-state index in [0.29, 0.717) is 26.1 Å². The van der Waals surface area contributed by atoms with Gasteiger partial charge in [0.25, 0.3) is 0 Å². The van der Waals surface area contributed by atoms with Gasteiger partial charge in [0.2, 0.25) is 0 Å². The van der Waals surface area contributed by atoms with E-state index in [4.69, 9.17) is 9.47 Å². The molecule has 0 spiro atoms. The van der Waals surface area contributed by atoms with Crippen molar-refractivity contribution in [3.05, 3.63) is 0 Å². The molecule has 2 aliphatic rings. The molecule has 0 aromatic carbocycles. The van der Waals surface area contributed by atoms with E-state index in [9.17, 15) is 18.0 Å². The molecule has 8 heteroatoms. The summed E-state index contributed by atoms with van der Waals surface area (Å²) in [4.78, 5) is 16.0. The van der Waals surface area contributed by atoms with Crippen molar-refractivity contribution in [1.82, 2.24) is 9.80 Å². The SMILES string of the molecule is CC(C)(C)OC(=O)N1CCC(N2CCCC(OCC(F)(F)F)C2)CC1. The maximum absolute atomic E-state index is 12.3. The molecular weight excluding hydrogens is 337 g/mol. The van der Waals surface area contributed by atoms with E-state index >= 15 is 0 Å². The van der Waals surface area contributed by atoms with Crippen LogP contribution >= 0.6 is 0 Å². The number of likely N-dealkylation sites (tertiary alicyclic amines) is 2. The van der Waals surface area contributed by atoms with Crippen molar-refractivity contribution in [3.63, 3.8) is 0 Å². The first-order valence-corrected chi connectivity index (χ1v) is 8.94. The molecule has 0 aromatic rings. The topological polar surface area (TPSA) is 42.0 Å². The largest absolute Gasteiger partial charge is 0.444 e. The predicted molar refractivity (Wildman–Crippen MR) is 87.4 cm³/mol. The number of halogens is 3. The second kappa shape index (κ2) is 8.12. The summed E-state index contributed by atoms with van der Waals surface area (Å²) in [6.07, 6.45) is -1.80. The van der Waals surface area contributed by atoms with Crippen molar-refractivity contribution >= 4 is 6.09 Å². The molecule has 2 aliphatic heterocycles. The Morgan fingerprint density at radius 2 is 1.72 bits per heavy atom. The number of alkyl halides is 3. The van der Waals surface area contributed by atoms with Crippen molar-refractivity contribution in [2.45, 2.75) is 70.4 Å². The average Bonchev–Trinajstić information content (AvgIpc) is 2.51. The van der Waals surface area contributed by atoms with Crippen molar-refractivity contribution in [2.75, 3.05) is 32.8 Å². The van der Waals surface area contributed by atoms with E-state index in [1.807, 2.05) is 20.8 Å². The van der Waals surface area contributed by atoms with Crippen molar-refractivity contribution in [3.8, 4) is 0 Å². The Morgan fingerprint density at radius 3 is 2.28 bits per heavy atom. The lowest BCUT2D eigenvalue weighted by Gasteiger charge is -2.42. The minimum Gasteiger partial charge on any atom is -0.444 e. The Morgan fingerprint density at radius 1 is 1.08 bits per heavy atom. The Bertz CT molecular complexity index is 443. The van der Waals surface area contributed by atoms with E-state index in [2.05, 4.69) is 4.90 Å². The number of piperidine rings is 2. The first-order chi connectivity index (χ1) is 11.5. The highest BCUT2D eigenvalue weighted by atomic mass is 19.4. The third kappa shape index (κ3) is 7.01. The third-order valence-corrected chi connectivity index (χ3v) is 4.52. The quantitative estimate of drug-likeness (QED) is 0.767. The Kier molecular flexibility index (Phi) is 6.59. The van der Waals surface area contributed by atoms with Crippen LogP contribution in [0.5, 0.6) is 0 Å². The summed E-state index contributed by atoms with van der Waals surface area (Å²) in [5.41, 5.74) is -0.510. The molecule has 0 bridgehead atoms. The summed E-state index contributed by atoms with van der Waals surface area (Å²) in [6.45, 7) is 6.98. The molecule has 2 saturated heterocycles. The second-order valence-corrected chi connectivity index (χ2v) is 7.88. The molecule has 0 radical (unpaired) electrons. The van der Waals surface area contributed by atoms with Crippen LogP contribution in [-0.4, -0.2) is 72.6 Å². The number of carbonyl (C=O) groups excluding carboxylic acids is 1. The first kappa shape index (κ1) is 20.3. The zero-order valence-corrected chi connectivity index (χ0v) is 15.3. The number of hydrogen-bond donors (Lipinski definition) is 0. The van der Waals surface area contributed by atoms with Gasteiger partial charge in [0, 0.05) is 25.7 Å². The van der Waals surface area contributed by atoms with Crippen LogP contribution in [0.25, 0.3) is 0 Å². The number of amides is 1. The average molecular weight is 366 g/mol. The van der Waals surface area contributed by atoms with E-state index < -0.39 is 18.4 Å². The summed E-state index contributed by atoms with van der Waals surface area (Å²) in [5, 5.41) is 0. The van der Waals surface area contributed by atoms with Crippen LogP contribution in [0.4, 0.5) is 18.0 Å². The van der Waals surface area contributed by atoms with Crippen LogP contribution in [0, 0.1) is 0 Å². The Balaban J connectivity index is 1.77. The van der Waals surface area contributed by atoms with Crippen LogP contribution in [0.1, 0.15) is 46.5 Å². The van der Waals surface area contributed by atoms with Gasteiger partial charge < -0.3 is 14.4 Å². The lowest BCUT2D eigenvalue weighted by molar-refractivity contribution is -0.190. The molecule has 5 nitrogen and oxygen atoms in total. The van der Waals surface area contributed by atoms with E-state index in [-0.39, 0.29) is 18.2 Å². The maximum Gasteiger partial charge on any atom is 0.411 e. The third-order valence-electron chi connectivity index (χ3n) is 4.52. The summed E-state index contributed by atoms with van der Waals surface area (Å²) >= 11 is 0. The molecule has 25 heavy (non-hydrogen) atoms. The fraction of sp³-hybridized carbons (Fsp3) is 0.941. The standard InChI is InChI=1S/C17H29F3N2O3/c1-16(2,3)25-15(23)21-9-6-13(7-10-21)22-8-4-5-14(11-22)24-12-17(18,19)20/h13-14H,4-12H2,1-3H3. The number of rotatable bonds is 3. The van der Waals surface area contributed by atoms with Gasteiger partial charge in [-0.05, 0) is 53.0 Å². The van der Waals surface area contributed by atoms with Gasteiger partial charge in [-0.2, -0.15) is 13.2 Å². The molecule has 0 aromatic heterocycles. The molecule has 2 rings (SSSR count). The first-order valence-electron chi connectivity index (χ1n) is 8.94. The molecular formula is C17H29F3N2O3.